The molecular formula is C24H20Br2O6. The molecule has 0 aliphatic carbocycles. The van der Waals surface area contributed by atoms with Gasteiger partial charge < -0.3 is 18.9 Å². The van der Waals surface area contributed by atoms with Crippen LogP contribution in [0.15, 0.2) is 75.7 Å². The van der Waals surface area contributed by atoms with Crippen molar-refractivity contribution >= 4 is 43.8 Å². The van der Waals surface area contributed by atoms with E-state index in [9.17, 15) is 9.59 Å². The van der Waals surface area contributed by atoms with E-state index in [4.69, 9.17) is 18.9 Å². The van der Waals surface area contributed by atoms with Gasteiger partial charge in [-0.15, -0.1) is 0 Å². The Kier molecular flexibility index (Phi) is 8.70. The number of para-hydroxylation sites is 1. The first kappa shape index (κ1) is 23.8. The zero-order chi connectivity index (χ0) is 22.9. The molecule has 0 fully saturated rings. The van der Waals surface area contributed by atoms with Crippen LogP contribution in [0.25, 0.3) is 0 Å². The summed E-state index contributed by atoms with van der Waals surface area (Å²) in [4.78, 5) is 24.5. The lowest BCUT2D eigenvalue weighted by atomic mass is 10.2. The molecule has 0 heterocycles. The Morgan fingerprint density at radius 2 is 1.59 bits per heavy atom. The minimum absolute atomic E-state index is 0.0903. The van der Waals surface area contributed by atoms with Gasteiger partial charge in [0.2, 0.25) is 0 Å². The topological polar surface area (TPSA) is 71.1 Å². The van der Waals surface area contributed by atoms with E-state index in [-0.39, 0.29) is 31.1 Å². The third-order valence-corrected chi connectivity index (χ3v) is 5.21. The van der Waals surface area contributed by atoms with Crippen LogP contribution < -0.4 is 14.2 Å². The zero-order valence-electron chi connectivity index (χ0n) is 17.2. The van der Waals surface area contributed by atoms with Crippen molar-refractivity contribution in [3.63, 3.8) is 0 Å². The second-order valence-electron chi connectivity index (χ2n) is 6.62. The minimum atomic E-state index is -0.596. The third-order valence-electron chi connectivity index (χ3n) is 4.16. The Morgan fingerprint density at radius 3 is 2.34 bits per heavy atom. The monoisotopic (exact) mass is 562 g/mol. The second-order valence-corrected chi connectivity index (χ2v) is 8.39. The van der Waals surface area contributed by atoms with Crippen LogP contribution >= 0.6 is 31.9 Å². The summed E-state index contributed by atoms with van der Waals surface area (Å²) in [7, 11) is 0. The molecule has 166 valence electrons. The molecule has 0 aromatic heterocycles. The van der Waals surface area contributed by atoms with Crippen LogP contribution in [0.4, 0.5) is 0 Å². The number of benzene rings is 3. The fraction of sp³-hybridized carbons (Fsp3) is 0.167. The molecule has 0 aliphatic rings. The van der Waals surface area contributed by atoms with E-state index in [1.54, 1.807) is 18.2 Å². The maximum atomic E-state index is 12.3. The van der Waals surface area contributed by atoms with Crippen molar-refractivity contribution in [3.05, 3.63) is 86.8 Å². The number of hydrogen-bond donors (Lipinski definition) is 0. The summed E-state index contributed by atoms with van der Waals surface area (Å²) in [6, 6.07) is 19.2. The molecule has 0 aliphatic heterocycles. The normalized spacial score (nSPS) is 10.3. The highest BCUT2D eigenvalue weighted by Gasteiger charge is 2.13. The molecule has 0 spiro atoms. The summed E-state index contributed by atoms with van der Waals surface area (Å²) in [6.45, 7) is 1.91. The first-order valence-corrected chi connectivity index (χ1v) is 11.2. The van der Waals surface area contributed by atoms with Gasteiger partial charge in [-0.25, -0.2) is 9.59 Å². The summed E-state index contributed by atoms with van der Waals surface area (Å²) in [5, 5.41) is 0. The van der Waals surface area contributed by atoms with Crippen LogP contribution in [0, 0.1) is 6.92 Å². The van der Waals surface area contributed by atoms with E-state index in [1.807, 2.05) is 49.4 Å². The van der Waals surface area contributed by atoms with E-state index in [1.165, 1.54) is 6.07 Å². The lowest BCUT2D eigenvalue weighted by Gasteiger charge is -2.12. The van der Waals surface area contributed by atoms with Gasteiger partial charge in [-0.2, -0.15) is 0 Å². The molecule has 3 aromatic carbocycles. The average Bonchev–Trinajstić information content (AvgIpc) is 2.76. The molecule has 6 nitrogen and oxygen atoms in total. The molecule has 0 saturated heterocycles. The fourth-order valence-corrected chi connectivity index (χ4v) is 4.30. The van der Waals surface area contributed by atoms with E-state index in [2.05, 4.69) is 31.9 Å². The van der Waals surface area contributed by atoms with Gasteiger partial charge in [-0.05, 0) is 70.9 Å². The van der Waals surface area contributed by atoms with E-state index >= 15 is 0 Å². The van der Waals surface area contributed by atoms with Gasteiger partial charge in [0.1, 0.15) is 30.5 Å². The van der Waals surface area contributed by atoms with Gasteiger partial charge in [-0.1, -0.05) is 40.2 Å². The molecule has 0 bridgehead atoms. The number of aryl methyl sites for hydroxylation is 1. The van der Waals surface area contributed by atoms with Crippen molar-refractivity contribution in [1.29, 1.82) is 0 Å². The lowest BCUT2D eigenvalue weighted by molar-refractivity contribution is -0.136. The van der Waals surface area contributed by atoms with Crippen molar-refractivity contribution in [1.82, 2.24) is 0 Å². The molecule has 0 saturated carbocycles. The molecular weight excluding hydrogens is 544 g/mol. The first-order chi connectivity index (χ1) is 15.4. The number of carbonyl (C=O) groups is 2. The van der Waals surface area contributed by atoms with Crippen LogP contribution in [0.5, 0.6) is 17.2 Å². The summed E-state index contributed by atoms with van der Waals surface area (Å²) < 4.78 is 23.2. The number of hydrogen-bond acceptors (Lipinski definition) is 6. The molecule has 32 heavy (non-hydrogen) atoms. The highest BCUT2D eigenvalue weighted by molar-refractivity contribution is 9.11. The van der Waals surface area contributed by atoms with Gasteiger partial charge in [0.05, 0.1) is 10.0 Å². The smallest absolute Gasteiger partial charge is 0.349 e. The van der Waals surface area contributed by atoms with Crippen molar-refractivity contribution in [2.45, 2.75) is 6.92 Å². The Hall–Kier alpha value is -2.84. The first-order valence-electron chi connectivity index (χ1n) is 9.66. The van der Waals surface area contributed by atoms with Gasteiger partial charge in [0.15, 0.2) is 6.61 Å². The quantitative estimate of drug-likeness (QED) is 0.188. The Labute approximate surface area is 202 Å². The standard InChI is InChI=1S/C24H20Br2O6/c1-16-12-18(25)14-21(26)23(16)31-15-22(27)32-20-9-5-6-17(13-20)24(28)30-11-10-29-19-7-3-2-4-8-19/h2-9,12-14H,10-11,15H2,1H3. The van der Waals surface area contributed by atoms with Crippen LogP contribution in [-0.4, -0.2) is 31.8 Å². The number of halogens is 2. The molecule has 3 aromatic rings. The largest absolute Gasteiger partial charge is 0.490 e. The second kappa shape index (κ2) is 11.7. The number of rotatable bonds is 9. The average molecular weight is 564 g/mol. The summed E-state index contributed by atoms with van der Waals surface area (Å²) in [6.07, 6.45) is 0. The lowest BCUT2D eigenvalue weighted by Crippen LogP contribution is -2.18. The number of carbonyl (C=O) groups excluding carboxylic acids is 2. The maximum absolute atomic E-state index is 12.3. The highest BCUT2D eigenvalue weighted by Crippen LogP contribution is 2.32. The molecule has 0 atom stereocenters. The van der Waals surface area contributed by atoms with Gasteiger partial charge in [0, 0.05) is 4.47 Å². The zero-order valence-corrected chi connectivity index (χ0v) is 20.3. The van der Waals surface area contributed by atoms with Crippen LogP contribution in [0.3, 0.4) is 0 Å². The SMILES string of the molecule is Cc1cc(Br)cc(Br)c1OCC(=O)Oc1cccc(C(=O)OCCOc2ccccc2)c1. The maximum Gasteiger partial charge on any atom is 0.349 e. The van der Waals surface area contributed by atoms with Gasteiger partial charge >= 0.3 is 11.9 Å². The molecule has 3 rings (SSSR count). The van der Waals surface area contributed by atoms with Crippen LogP contribution in [0.1, 0.15) is 15.9 Å². The summed E-state index contributed by atoms with van der Waals surface area (Å²) in [5.41, 5.74) is 1.13. The van der Waals surface area contributed by atoms with Crippen molar-refractivity contribution in [3.8, 4) is 17.2 Å². The van der Waals surface area contributed by atoms with E-state index in [0.29, 0.717) is 11.5 Å². The predicted octanol–water partition coefficient (Wildman–Crippen LogP) is 5.74. The Bertz CT molecular complexity index is 1060. The molecule has 0 N–H and O–H groups in total. The minimum Gasteiger partial charge on any atom is -0.490 e. The van der Waals surface area contributed by atoms with Crippen molar-refractivity contribution in [2.24, 2.45) is 0 Å². The van der Waals surface area contributed by atoms with Crippen LogP contribution in [0.2, 0.25) is 0 Å². The van der Waals surface area contributed by atoms with E-state index in [0.717, 1.165) is 14.5 Å². The van der Waals surface area contributed by atoms with E-state index < -0.39 is 11.9 Å². The number of ether oxygens (including phenoxy) is 4. The Balaban J connectivity index is 1.48. The molecule has 0 radical (unpaired) electrons. The predicted molar refractivity (Wildman–Crippen MR) is 126 cm³/mol. The van der Waals surface area contributed by atoms with Crippen molar-refractivity contribution < 1.29 is 28.5 Å². The summed E-state index contributed by atoms with van der Waals surface area (Å²) in [5.74, 6) is 0.344. The highest BCUT2D eigenvalue weighted by atomic mass is 79.9. The van der Waals surface area contributed by atoms with Crippen LogP contribution in [-0.2, 0) is 9.53 Å². The van der Waals surface area contributed by atoms with Crippen molar-refractivity contribution in [2.75, 3.05) is 19.8 Å². The third kappa shape index (κ3) is 7.10. The number of esters is 2. The summed E-state index contributed by atoms with van der Waals surface area (Å²) >= 11 is 6.81. The fourth-order valence-electron chi connectivity index (χ4n) is 2.74. The van der Waals surface area contributed by atoms with Gasteiger partial charge in [0.25, 0.3) is 0 Å². The molecule has 0 unspecified atom stereocenters. The molecule has 0 amide bonds. The van der Waals surface area contributed by atoms with Gasteiger partial charge in [-0.3, -0.25) is 0 Å². The molecule has 8 heteroatoms. The Morgan fingerprint density at radius 1 is 0.844 bits per heavy atom.